The largest absolute Gasteiger partial charge is 0.358 e. The molecule has 5 heteroatoms. The Morgan fingerprint density at radius 1 is 1.50 bits per heavy atom. The van der Waals surface area contributed by atoms with Crippen molar-refractivity contribution in [2.24, 2.45) is 0 Å². The lowest BCUT2D eigenvalue weighted by molar-refractivity contribution is 0.352. The second-order valence-electron chi connectivity index (χ2n) is 3.96. The van der Waals surface area contributed by atoms with Crippen LogP contribution in [0.15, 0.2) is 5.38 Å². The number of hydrogen-bond donors (Lipinski definition) is 0. The van der Waals surface area contributed by atoms with E-state index < -0.39 is 0 Å². The van der Waals surface area contributed by atoms with E-state index in [-0.39, 0.29) is 0 Å². The molecule has 2 heterocycles. The number of thiazole rings is 1. The minimum absolute atomic E-state index is 0.916. The summed E-state index contributed by atoms with van der Waals surface area (Å²) in [5.41, 5.74) is 1.16. The molecule has 0 aliphatic carbocycles. The van der Waals surface area contributed by atoms with Crippen LogP contribution in [-0.4, -0.2) is 27.3 Å². The van der Waals surface area contributed by atoms with E-state index in [4.69, 9.17) is 12.2 Å². The highest BCUT2D eigenvalue weighted by atomic mass is 32.2. The molecule has 0 atom stereocenters. The van der Waals surface area contributed by atoms with Gasteiger partial charge in [-0.15, -0.1) is 11.3 Å². The van der Waals surface area contributed by atoms with Crippen LogP contribution in [0.25, 0.3) is 0 Å². The molecular weight excluding hydrogens is 256 g/mol. The fourth-order valence-corrected chi connectivity index (χ4v) is 3.64. The molecule has 1 aliphatic heterocycles. The fourth-order valence-electron chi connectivity index (χ4n) is 1.78. The number of aromatic nitrogens is 1. The molecule has 2 nitrogen and oxygen atoms in total. The molecule has 1 fully saturated rings. The van der Waals surface area contributed by atoms with Gasteiger partial charge in [-0.2, -0.15) is 0 Å². The molecule has 0 unspecified atom stereocenters. The third-order valence-electron chi connectivity index (χ3n) is 2.62. The highest BCUT2D eigenvalue weighted by Gasteiger charge is 2.13. The van der Waals surface area contributed by atoms with Crippen molar-refractivity contribution < 1.29 is 0 Å². The number of thioether (sulfide) groups is 1. The summed E-state index contributed by atoms with van der Waals surface area (Å²) in [6.07, 6.45) is 3.93. The molecule has 0 N–H and O–H groups in total. The molecule has 0 spiro atoms. The molecule has 1 aromatic rings. The van der Waals surface area contributed by atoms with E-state index in [9.17, 15) is 0 Å². The van der Waals surface area contributed by atoms with Crippen LogP contribution in [0.5, 0.6) is 0 Å². The predicted molar refractivity (Wildman–Crippen MR) is 76.2 cm³/mol. The Labute approximate surface area is 110 Å². The Bertz CT molecular complexity index is 356. The normalized spacial score (nSPS) is 16.4. The first-order valence-corrected chi connectivity index (χ1v) is 7.86. The van der Waals surface area contributed by atoms with E-state index >= 15 is 0 Å². The van der Waals surface area contributed by atoms with Crippen molar-refractivity contribution in [3.05, 3.63) is 16.1 Å². The lowest BCUT2D eigenvalue weighted by Gasteiger charge is -2.28. The van der Waals surface area contributed by atoms with Crippen LogP contribution in [-0.2, 0) is 5.75 Å². The van der Waals surface area contributed by atoms with Crippen LogP contribution in [0, 0.1) is 6.92 Å². The quantitative estimate of drug-likeness (QED) is 0.766. The van der Waals surface area contributed by atoms with Gasteiger partial charge in [0, 0.05) is 24.2 Å². The van der Waals surface area contributed by atoms with E-state index in [2.05, 4.69) is 15.3 Å². The molecule has 1 aliphatic rings. The van der Waals surface area contributed by atoms with E-state index in [1.165, 1.54) is 19.3 Å². The predicted octanol–water partition coefficient (Wildman–Crippen LogP) is 3.46. The summed E-state index contributed by atoms with van der Waals surface area (Å²) in [6.45, 7) is 4.33. The Morgan fingerprint density at radius 3 is 2.88 bits per heavy atom. The molecule has 1 saturated heterocycles. The lowest BCUT2D eigenvalue weighted by Crippen LogP contribution is -2.32. The zero-order chi connectivity index (χ0) is 11.4. The first-order chi connectivity index (χ1) is 7.75. The Balaban J connectivity index is 1.78. The van der Waals surface area contributed by atoms with Gasteiger partial charge in [-0.25, -0.2) is 4.98 Å². The van der Waals surface area contributed by atoms with Gasteiger partial charge in [0.15, 0.2) is 0 Å². The molecule has 0 amide bonds. The summed E-state index contributed by atoms with van der Waals surface area (Å²) < 4.78 is 1.05. The molecule has 1 aromatic heterocycles. The maximum absolute atomic E-state index is 5.44. The van der Waals surface area contributed by atoms with Gasteiger partial charge in [-0.1, -0.05) is 24.0 Å². The minimum atomic E-state index is 0.916. The molecule has 16 heavy (non-hydrogen) atoms. The SMILES string of the molecule is Cc1nc(CSC(=S)N2CCCCC2)cs1. The monoisotopic (exact) mass is 272 g/mol. The summed E-state index contributed by atoms with van der Waals surface area (Å²) in [6, 6.07) is 0. The number of thiocarbonyl (C=S) groups is 1. The molecule has 0 bridgehead atoms. The first kappa shape index (κ1) is 12.3. The average Bonchev–Trinajstić information content (AvgIpc) is 2.73. The number of likely N-dealkylation sites (tertiary alicyclic amines) is 1. The van der Waals surface area contributed by atoms with E-state index in [1.54, 1.807) is 23.1 Å². The van der Waals surface area contributed by atoms with Gasteiger partial charge in [-0.3, -0.25) is 0 Å². The van der Waals surface area contributed by atoms with E-state index in [0.717, 1.165) is 33.9 Å². The van der Waals surface area contributed by atoms with Crippen LogP contribution in [0.2, 0.25) is 0 Å². The van der Waals surface area contributed by atoms with Crippen molar-refractivity contribution in [1.29, 1.82) is 0 Å². The molecular formula is C11H16N2S3. The molecule has 0 radical (unpaired) electrons. The topological polar surface area (TPSA) is 16.1 Å². The molecule has 0 saturated carbocycles. The Morgan fingerprint density at radius 2 is 2.25 bits per heavy atom. The van der Waals surface area contributed by atoms with Gasteiger partial charge < -0.3 is 4.90 Å². The summed E-state index contributed by atoms with van der Waals surface area (Å²) >= 11 is 8.91. The molecule has 2 rings (SSSR count). The zero-order valence-electron chi connectivity index (χ0n) is 9.44. The smallest absolute Gasteiger partial charge is 0.136 e. The number of piperidine rings is 1. The zero-order valence-corrected chi connectivity index (χ0v) is 11.9. The van der Waals surface area contributed by atoms with Gasteiger partial charge in [0.25, 0.3) is 0 Å². The van der Waals surface area contributed by atoms with Crippen molar-refractivity contribution in [1.82, 2.24) is 9.88 Å². The molecule has 0 aromatic carbocycles. The van der Waals surface area contributed by atoms with Crippen LogP contribution in [0.1, 0.15) is 30.0 Å². The van der Waals surface area contributed by atoms with Gasteiger partial charge in [-0.05, 0) is 26.2 Å². The number of hydrogen-bond acceptors (Lipinski definition) is 4. The number of aryl methyl sites for hydroxylation is 1. The van der Waals surface area contributed by atoms with Crippen LogP contribution in [0.4, 0.5) is 0 Å². The summed E-state index contributed by atoms with van der Waals surface area (Å²) in [4.78, 5) is 6.78. The van der Waals surface area contributed by atoms with Crippen LogP contribution in [0.3, 0.4) is 0 Å². The second-order valence-corrected chi connectivity index (χ2v) is 6.63. The maximum Gasteiger partial charge on any atom is 0.136 e. The molecule has 88 valence electrons. The van der Waals surface area contributed by atoms with Crippen molar-refractivity contribution in [3.8, 4) is 0 Å². The first-order valence-electron chi connectivity index (χ1n) is 5.58. The number of rotatable bonds is 2. The van der Waals surface area contributed by atoms with Gasteiger partial charge >= 0.3 is 0 Å². The Kier molecular flexibility index (Phi) is 4.61. The third kappa shape index (κ3) is 3.43. The lowest BCUT2D eigenvalue weighted by atomic mass is 10.1. The summed E-state index contributed by atoms with van der Waals surface area (Å²) in [5.74, 6) is 0.916. The average molecular weight is 272 g/mol. The standard InChI is InChI=1S/C11H16N2S3/c1-9-12-10(7-15-9)8-16-11(14)13-5-3-2-4-6-13/h7H,2-6,8H2,1H3. The highest BCUT2D eigenvalue weighted by molar-refractivity contribution is 8.22. The second kappa shape index (κ2) is 5.98. The van der Waals surface area contributed by atoms with Crippen LogP contribution >= 0.6 is 35.3 Å². The highest BCUT2D eigenvalue weighted by Crippen LogP contribution is 2.20. The van der Waals surface area contributed by atoms with Crippen molar-refractivity contribution >= 4 is 39.6 Å². The summed E-state index contributed by atoms with van der Waals surface area (Å²) in [5, 5.41) is 3.26. The maximum atomic E-state index is 5.44. The van der Waals surface area contributed by atoms with Crippen molar-refractivity contribution in [2.75, 3.05) is 13.1 Å². The van der Waals surface area contributed by atoms with E-state index in [1.807, 2.05) is 6.92 Å². The Hall–Kier alpha value is -0.130. The number of nitrogens with zero attached hydrogens (tertiary/aromatic N) is 2. The fraction of sp³-hybridized carbons (Fsp3) is 0.636. The van der Waals surface area contributed by atoms with Gasteiger partial charge in [0.1, 0.15) is 4.32 Å². The minimum Gasteiger partial charge on any atom is -0.358 e. The van der Waals surface area contributed by atoms with Gasteiger partial charge in [0.2, 0.25) is 0 Å². The van der Waals surface area contributed by atoms with Crippen molar-refractivity contribution in [3.63, 3.8) is 0 Å². The van der Waals surface area contributed by atoms with E-state index in [0.29, 0.717) is 0 Å². The van der Waals surface area contributed by atoms with Gasteiger partial charge in [0.05, 0.1) is 10.7 Å². The summed E-state index contributed by atoms with van der Waals surface area (Å²) in [7, 11) is 0. The third-order valence-corrected chi connectivity index (χ3v) is 5.00. The van der Waals surface area contributed by atoms with Crippen molar-refractivity contribution in [2.45, 2.75) is 31.9 Å². The van der Waals surface area contributed by atoms with Crippen LogP contribution < -0.4 is 0 Å².